The number of thiazole rings is 1. The monoisotopic (exact) mass is 337 g/mol. The molecule has 2 heterocycles. The SMILES string of the molecule is C[C@H](C(=O)Nc1nc2ccccc2s1)N1CCc2ccccc2C1. The highest BCUT2D eigenvalue weighted by Crippen LogP contribution is 2.26. The molecule has 24 heavy (non-hydrogen) atoms. The summed E-state index contributed by atoms with van der Waals surface area (Å²) in [7, 11) is 0. The van der Waals surface area contributed by atoms with Crippen LogP contribution in [0.4, 0.5) is 5.13 Å². The molecule has 2 aromatic carbocycles. The Hall–Kier alpha value is -2.24. The molecule has 0 bridgehead atoms. The van der Waals surface area contributed by atoms with E-state index >= 15 is 0 Å². The van der Waals surface area contributed by atoms with Crippen molar-refractivity contribution in [2.75, 3.05) is 11.9 Å². The molecule has 1 aromatic heterocycles. The molecule has 0 saturated carbocycles. The lowest BCUT2D eigenvalue weighted by Gasteiger charge is -2.32. The quantitative estimate of drug-likeness (QED) is 0.793. The molecule has 0 unspecified atom stereocenters. The molecule has 0 saturated heterocycles. The third-order valence-corrected chi connectivity index (χ3v) is 5.56. The minimum absolute atomic E-state index is 0.00781. The number of nitrogens with zero attached hydrogens (tertiary/aromatic N) is 2. The number of aromatic nitrogens is 1. The van der Waals surface area contributed by atoms with Crippen LogP contribution in [-0.4, -0.2) is 28.4 Å². The average Bonchev–Trinajstić information content (AvgIpc) is 3.02. The van der Waals surface area contributed by atoms with Gasteiger partial charge >= 0.3 is 0 Å². The van der Waals surface area contributed by atoms with E-state index in [0.717, 1.165) is 29.7 Å². The van der Waals surface area contributed by atoms with Crippen LogP contribution in [0, 0.1) is 0 Å². The second-order valence-electron chi connectivity index (χ2n) is 6.14. The lowest BCUT2D eigenvalue weighted by molar-refractivity contribution is -0.121. The number of carbonyl (C=O) groups is 1. The van der Waals surface area contributed by atoms with Crippen molar-refractivity contribution < 1.29 is 4.79 Å². The fourth-order valence-corrected chi connectivity index (χ4v) is 4.02. The summed E-state index contributed by atoms with van der Waals surface area (Å²) in [4.78, 5) is 19.3. The maximum absolute atomic E-state index is 12.6. The second kappa shape index (κ2) is 6.34. The van der Waals surface area contributed by atoms with Crippen LogP contribution in [0.3, 0.4) is 0 Å². The van der Waals surface area contributed by atoms with E-state index in [2.05, 4.69) is 39.5 Å². The summed E-state index contributed by atoms with van der Waals surface area (Å²) >= 11 is 1.52. The number of rotatable bonds is 3. The van der Waals surface area contributed by atoms with Crippen LogP contribution in [-0.2, 0) is 17.8 Å². The Morgan fingerprint density at radius 2 is 1.92 bits per heavy atom. The van der Waals surface area contributed by atoms with Crippen LogP contribution in [0.15, 0.2) is 48.5 Å². The Kier molecular flexibility index (Phi) is 4.04. The molecule has 0 radical (unpaired) electrons. The van der Waals surface area contributed by atoms with Crippen molar-refractivity contribution in [2.24, 2.45) is 0 Å². The zero-order chi connectivity index (χ0) is 16.5. The Morgan fingerprint density at radius 1 is 1.17 bits per heavy atom. The maximum Gasteiger partial charge on any atom is 0.243 e. The largest absolute Gasteiger partial charge is 0.301 e. The first-order valence-electron chi connectivity index (χ1n) is 8.18. The van der Waals surface area contributed by atoms with Gasteiger partial charge in [-0.3, -0.25) is 9.69 Å². The van der Waals surface area contributed by atoms with Gasteiger partial charge in [-0.2, -0.15) is 0 Å². The summed E-state index contributed by atoms with van der Waals surface area (Å²) in [5, 5.41) is 3.65. The van der Waals surface area contributed by atoms with Gasteiger partial charge in [0.15, 0.2) is 5.13 Å². The number of carbonyl (C=O) groups excluding carboxylic acids is 1. The molecule has 0 aliphatic carbocycles. The minimum atomic E-state index is -0.176. The van der Waals surface area contributed by atoms with Crippen molar-refractivity contribution >= 4 is 32.6 Å². The van der Waals surface area contributed by atoms with Gasteiger partial charge in [-0.05, 0) is 36.6 Å². The normalized spacial score (nSPS) is 15.9. The zero-order valence-corrected chi connectivity index (χ0v) is 14.3. The number of benzene rings is 2. The number of hydrogen-bond donors (Lipinski definition) is 1. The fraction of sp³-hybridized carbons (Fsp3) is 0.263. The summed E-state index contributed by atoms with van der Waals surface area (Å²) in [6.07, 6.45) is 0.995. The van der Waals surface area contributed by atoms with Gasteiger partial charge in [-0.1, -0.05) is 47.7 Å². The Labute approximate surface area is 145 Å². The number of nitrogens with one attached hydrogen (secondary N) is 1. The molecule has 5 heteroatoms. The molecular weight excluding hydrogens is 318 g/mol. The molecule has 1 N–H and O–H groups in total. The number of fused-ring (bicyclic) bond motifs is 2. The second-order valence-corrected chi connectivity index (χ2v) is 7.17. The van der Waals surface area contributed by atoms with E-state index in [-0.39, 0.29) is 11.9 Å². The highest BCUT2D eigenvalue weighted by atomic mass is 32.1. The summed E-state index contributed by atoms with van der Waals surface area (Å²) in [5.41, 5.74) is 3.65. The third kappa shape index (κ3) is 2.92. The van der Waals surface area contributed by atoms with Crippen molar-refractivity contribution in [1.29, 1.82) is 0 Å². The van der Waals surface area contributed by atoms with Crippen molar-refractivity contribution in [2.45, 2.75) is 25.9 Å². The molecule has 0 spiro atoms. The predicted molar refractivity (Wildman–Crippen MR) is 98.3 cm³/mol. The van der Waals surface area contributed by atoms with E-state index in [0.29, 0.717) is 5.13 Å². The number of anilines is 1. The van der Waals surface area contributed by atoms with Gasteiger partial charge < -0.3 is 5.32 Å². The molecule has 1 aliphatic heterocycles. The molecule has 4 rings (SSSR count). The smallest absolute Gasteiger partial charge is 0.243 e. The molecule has 3 aromatic rings. The first-order chi connectivity index (χ1) is 11.7. The van der Waals surface area contributed by atoms with Crippen LogP contribution < -0.4 is 5.32 Å². The molecular formula is C19H19N3OS. The predicted octanol–water partition coefficient (Wildman–Crippen LogP) is 3.68. The standard InChI is InChI=1S/C19H19N3OS/c1-13(22-11-10-14-6-2-3-7-15(14)12-22)18(23)21-19-20-16-8-4-5-9-17(16)24-19/h2-9,13H,10-12H2,1H3,(H,20,21,23)/t13-/m1/s1. The average molecular weight is 337 g/mol. The molecule has 0 fully saturated rings. The summed E-state index contributed by atoms with van der Waals surface area (Å²) in [6, 6.07) is 16.2. The van der Waals surface area contributed by atoms with E-state index < -0.39 is 0 Å². The third-order valence-electron chi connectivity index (χ3n) is 4.61. The van der Waals surface area contributed by atoms with Gasteiger partial charge in [0.25, 0.3) is 0 Å². The molecule has 1 atom stereocenters. The summed E-state index contributed by atoms with van der Waals surface area (Å²) < 4.78 is 1.09. The zero-order valence-electron chi connectivity index (χ0n) is 13.5. The first-order valence-corrected chi connectivity index (χ1v) is 8.99. The molecule has 1 aliphatic rings. The van der Waals surface area contributed by atoms with Gasteiger partial charge in [0.1, 0.15) is 0 Å². The van der Waals surface area contributed by atoms with Crippen LogP contribution in [0.25, 0.3) is 10.2 Å². The van der Waals surface area contributed by atoms with E-state index in [4.69, 9.17) is 0 Å². The van der Waals surface area contributed by atoms with Crippen molar-refractivity contribution in [1.82, 2.24) is 9.88 Å². The lowest BCUT2D eigenvalue weighted by Crippen LogP contribution is -2.44. The number of para-hydroxylation sites is 1. The van der Waals surface area contributed by atoms with Gasteiger partial charge in [0.2, 0.25) is 5.91 Å². The van der Waals surface area contributed by atoms with E-state index in [1.54, 1.807) is 0 Å². The van der Waals surface area contributed by atoms with Crippen LogP contribution in [0.1, 0.15) is 18.1 Å². The highest BCUT2D eigenvalue weighted by Gasteiger charge is 2.25. The minimum Gasteiger partial charge on any atom is -0.301 e. The maximum atomic E-state index is 12.6. The number of amides is 1. The fourth-order valence-electron chi connectivity index (χ4n) is 3.15. The van der Waals surface area contributed by atoms with Crippen LogP contribution in [0.2, 0.25) is 0 Å². The number of hydrogen-bond acceptors (Lipinski definition) is 4. The van der Waals surface area contributed by atoms with Crippen molar-refractivity contribution in [3.8, 4) is 0 Å². The van der Waals surface area contributed by atoms with Gasteiger partial charge in [0.05, 0.1) is 16.3 Å². The Bertz CT molecular complexity index is 856. The topological polar surface area (TPSA) is 45.2 Å². The van der Waals surface area contributed by atoms with Crippen molar-refractivity contribution in [3.05, 3.63) is 59.7 Å². The molecule has 1 amide bonds. The van der Waals surface area contributed by atoms with Gasteiger partial charge in [0, 0.05) is 13.1 Å². The van der Waals surface area contributed by atoms with E-state index in [1.165, 1.54) is 22.5 Å². The van der Waals surface area contributed by atoms with E-state index in [1.807, 2.05) is 31.2 Å². The van der Waals surface area contributed by atoms with Crippen LogP contribution in [0.5, 0.6) is 0 Å². The molecule has 4 nitrogen and oxygen atoms in total. The molecule has 122 valence electrons. The summed E-state index contributed by atoms with van der Waals surface area (Å²) in [5.74, 6) is 0.00781. The highest BCUT2D eigenvalue weighted by molar-refractivity contribution is 7.22. The first kappa shape index (κ1) is 15.3. The Balaban J connectivity index is 1.46. The van der Waals surface area contributed by atoms with E-state index in [9.17, 15) is 4.79 Å². The van der Waals surface area contributed by atoms with Gasteiger partial charge in [-0.15, -0.1) is 0 Å². The van der Waals surface area contributed by atoms with Crippen molar-refractivity contribution in [3.63, 3.8) is 0 Å². The lowest BCUT2D eigenvalue weighted by atomic mass is 9.99. The van der Waals surface area contributed by atoms with Gasteiger partial charge in [-0.25, -0.2) is 4.98 Å². The Morgan fingerprint density at radius 3 is 2.75 bits per heavy atom. The summed E-state index contributed by atoms with van der Waals surface area (Å²) in [6.45, 7) is 3.70. The van der Waals surface area contributed by atoms with Crippen LogP contribution >= 0.6 is 11.3 Å².